The van der Waals surface area contributed by atoms with Crippen LogP contribution in [0.15, 0.2) is 55.1 Å². The van der Waals surface area contributed by atoms with E-state index >= 15 is 0 Å². The number of carbonyl (C=O) groups is 1. The molecule has 1 amide bonds. The van der Waals surface area contributed by atoms with Gasteiger partial charge in [-0.25, -0.2) is 4.98 Å². The van der Waals surface area contributed by atoms with E-state index in [0.717, 1.165) is 51.3 Å². The summed E-state index contributed by atoms with van der Waals surface area (Å²) < 4.78 is 7.31. The van der Waals surface area contributed by atoms with E-state index in [1.165, 1.54) is 0 Å². The van der Waals surface area contributed by atoms with Crippen molar-refractivity contribution < 1.29 is 9.53 Å². The van der Waals surface area contributed by atoms with Gasteiger partial charge in [-0.3, -0.25) is 14.7 Å². The fourth-order valence-corrected chi connectivity index (χ4v) is 5.14. The Labute approximate surface area is 209 Å². The Morgan fingerprint density at radius 2 is 1.97 bits per heavy atom. The van der Waals surface area contributed by atoms with Crippen LogP contribution >= 0.6 is 11.6 Å². The van der Waals surface area contributed by atoms with Crippen LogP contribution in [0.4, 0.5) is 5.69 Å². The number of carbonyl (C=O) groups excluding carboxylic acids is 1. The van der Waals surface area contributed by atoms with Crippen LogP contribution in [-0.2, 0) is 4.74 Å². The van der Waals surface area contributed by atoms with Crippen molar-refractivity contribution >= 4 is 23.2 Å². The molecule has 2 aliphatic rings. The van der Waals surface area contributed by atoms with Crippen LogP contribution in [0.2, 0.25) is 5.02 Å². The van der Waals surface area contributed by atoms with Gasteiger partial charge in [0.05, 0.1) is 41.8 Å². The highest BCUT2D eigenvalue weighted by Gasteiger charge is 2.36. The number of pyridine rings is 2. The van der Waals surface area contributed by atoms with E-state index in [1.54, 1.807) is 47.6 Å². The summed E-state index contributed by atoms with van der Waals surface area (Å²) in [5.74, 6) is 0.702. The largest absolute Gasteiger partial charge is 0.379 e. The summed E-state index contributed by atoms with van der Waals surface area (Å²) in [5.41, 5.74) is 2.12. The molecule has 1 N–H and O–H groups in total. The molecule has 180 valence electrons. The third-order valence-corrected chi connectivity index (χ3v) is 7.09. The van der Waals surface area contributed by atoms with Gasteiger partial charge in [0.15, 0.2) is 0 Å². The summed E-state index contributed by atoms with van der Waals surface area (Å²) in [4.78, 5) is 24.3. The second-order valence-electron chi connectivity index (χ2n) is 9.03. The molecule has 5 rings (SSSR count). The first-order chi connectivity index (χ1) is 17.1. The number of hydrogen-bond acceptors (Lipinski definition) is 6. The average Bonchev–Trinajstić information content (AvgIpc) is 3.40. The lowest BCUT2D eigenvalue weighted by atomic mass is 9.76. The molecule has 3 unspecified atom stereocenters. The maximum absolute atomic E-state index is 12.8. The number of aromatic nitrogens is 3. The van der Waals surface area contributed by atoms with Crippen LogP contribution in [0, 0.1) is 17.2 Å². The highest BCUT2D eigenvalue weighted by atomic mass is 35.5. The minimum Gasteiger partial charge on any atom is -0.379 e. The molecule has 3 aromatic rings. The fraction of sp³-hybridized carbons (Fsp3) is 0.385. The van der Waals surface area contributed by atoms with E-state index in [0.29, 0.717) is 28.1 Å². The number of halogens is 1. The SMILES string of the molecule is N#CC1CCC(N2CCOCC2)C(c2ccc(NC(=O)c3ccn(-c4ccc(Cl)cn4)c3)cn2)C1. The number of morpholine rings is 1. The van der Waals surface area contributed by atoms with Gasteiger partial charge in [0.25, 0.3) is 5.91 Å². The summed E-state index contributed by atoms with van der Waals surface area (Å²) in [6.45, 7) is 3.33. The van der Waals surface area contributed by atoms with Crippen molar-refractivity contribution in [1.29, 1.82) is 5.26 Å². The molecule has 1 aliphatic carbocycles. The van der Waals surface area contributed by atoms with Crippen LogP contribution in [-0.4, -0.2) is 57.7 Å². The van der Waals surface area contributed by atoms with Gasteiger partial charge in [0.1, 0.15) is 5.82 Å². The minimum absolute atomic E-state index is 0.0534. The predicted molar refractivity (Wildman–Crippen MR) is 133 cm³/mol. The first kappa shape index (κ1) is 23.5. The van der Waals surface area contributed by atoms with Crippen molar-refractivity contribution in [2.45, 2.75) is 31.2 Å². The highest BCUT2D eigenvalue weighted by molar-refractivity contribution is 6.30. The molecule has 0 aromatic carbocycles. The molecular formula is C26H27ClN6O2. The van der Waals surface area contributed by atoms with Gasteiger partial charge in [-0.05, 0) is 49.6 Å². The van der Waals surface area contributed by atoms with Gasteiger partial charge in [0, 0.05) is 55.3 Å². The van der Waals surface area contributed by atoms with E-state index in [2.05, 4.69) is 21.3 Å². The first-order valence-corrected chi connectivity index (χ1v) is 12.3. The number of ether oxygens (including phenoxy) is 1. The zero-order chi connectivity index (χ0) is 24.2. The zero-order valence-corrected chi connectivity index (χ0v) is 20.1. The topological polar surface area (TPSA) is 96.1 Å². The number of nitrogens with zero attached hydrogens (tertiary/aromatic N) is 5. The van der Waals surface area contributed by atoms with Crippen LogP contribution in [0.25, 0.3) is 5.82 Å². The molecule has 1 saturated carbocycles. The number of rotatable bonds is 5. The normalized spacial score (nSPS) is 22.9. The van der Waals surface area contributed by atoms with Crippen LogP contribution in [0.3, 0.4) is 0 Å². The van der Waals surface area contributed by atoms with Crippen molar-refractivity contribution in [3.63, 3.8) is 0 Å². The van der Waals surface area contributed by atoms with E-state index in [-0.39, 0.29) is 17.7 Å². The van der Waals surface area contributed by atoms with Gasteiger partial charge in [-0.1, -0.05) is 11.6 Å². The Balaban J connectivity index is 1.27. The minimum atomic E-state index is -0.222. The predicted octanol–water partition coefficient (Wildman–Crippen LogP) is 4.28. The summed E-state index contributed by atoms with van der Waals surface area (Å²) in [6.07, 6.45) is 9.51. The Hall–Kier alpha value is -3.25. The fourth-order valence-electron chi connectivity index (χ4n) is 5.03. The van der Waals surface area contributed by atoms with Gasteiger partial charge < -0.3 is 14.6 Å². The van der Waals surface area contributed by atoms with Crippen molar-refractivity contribution in [3.8, 4) is 11.9 Å². The number of amides is 1. The number of nitrogens with one attached hydrogen (secondary N) is 1. The Bertz CT molecular complexity index is 1200. The van der Waals surface area contributed by atoms with E-state index in [9.17, 15) is 10.1 Å². The van der Waals surface area contributed by atoms with Crippen LogP contribution < -0.4 is 5.32 Å². The Morgan fingerprint density at radius 1 is 1.11 bits per heavy atom. The lowest BCUT2D eigenvalue weighted by Crippen LogP contribution is -2.48. The van der Waals surface area contributed by atoms with Crippen molar-refractivity contribution in [2.24, 2.45) is 5.92 Å². The summed E-state index contributed by atoms with van der Waals surface area (Å²) in [5, 5.41) is 13.0. The lowest BCUT2D eigenvalue weighted by molar-refractivity contribution is 0.0000695. The van der Waals surface area contributed by atoms with Gasteiger partial charge in [-0.2, -0.15) is 5.26 Å². The second kappa shape index (κ2) is 10.6. The quantitative estimate of drug-likeness (QED) is 0.573. The van der Waals surface area contributed by atoms with E-state index in [1.807, 2.05) is 12.1 Å². The van der Waals surface area contributed by atoms with Crippen LogP contribution in [0.1, 0.15) is 41.2 Å². The van der Waals surface area contributed by atoms with E-state index < -0.39 is 0 Å². The maximum Gasteiger partial charge on any atom is 0.257 e. The van der Waals surface area contributed by atoms with Crippen molar-refractivity contribution in [2.75, 3.05) is 31.6 Å². The Morgan fingerprint density at radius 3 is 2.69 bits per heavy atom. The zero-order valence-electron chi connectivity index (χ0n) is 19.3. The van der Waals surface area contributed by atoms with E-state index in [4.69, 9.17) is 21.3 Å². The van der Waals surface area contributed by atoms with Gasteiger partial charge in [-0.15, -0.1) is 0 Å². The summed E-state index contributed by atoms with van der Waals surface area (Å²) >= 11 is 5.90. The second-order valence-corrected chi connectivity index (χ2v) is 9.47. The molecule has 8 nitrogen and oxygen atoms in total. The maximum atomic E-state index is 12.8. The molecule has 35 heavy (non-hydrogen) atoms. The van der Waals surface area contributed by atoms with Gasteiger partial charge in [0.2, 0.25) is 0 Å². The molecule has 1 aliphatic heterocycles. The molecule has 3 atom stereocenters. The molecular weight excluding hydrogens is 464 g/mol. The van der Waals surface area contributed by atoms with Gasteiger partial charge >= 0.3 is 0 Å². The number of hydrogen-bond donors (Lipinski definition) is 1. The third-order valence-electron chi connectivity index (χ3n) is 6.87. The average molecular weight is 491 g/mol. The monoisotopic (exact) mass is 490 g/mol. The highest BCUT2D eigenvalue weighted by Crippen LogP contribution is 2.38. The molecule has 3 aromatic heterocycles. The Kier molecular flexibility index (Phi) is 7.09. The molecule has 0 spiro atoms. The molecule has 9 heteroatoms. The number of nitriles is 1. The van der Waals surface area contributed by atoms with Crippen LogP contribution in [0.5, 0.6) is 0 Å². The van der Waals surface area contributed by atoms with Crippen molar-refractivity contribution in [1.82, 2.24) is 19.4 Å². The molecule has 0 bridgehead atoms. The third kappa shape index (κ3) is 5.38. The first-order valence-electron chi connectivity index (χ1n) is 11.9. The molecule has 2 fully saturated rings. The lowest BCUT2D eigenvalue weighted by Gasteiger charge is -2.42. The number of anilines is 1. The molecule has 0 radical (unpaired) electrons. The summed E-state index contributed by atoms with van der Waals surface area (Å²) in [6, 6.07) is 12.0. The summed E-state index contributed by atoms with van der Waals surface area (Å²) in [7, 11) is 0. The van der Waals surface area contributed by atoms with Crippen molar-refractivity contribution in [3.05, 3.63) is 71.4 Å². The molecule has 1 saturated heterocycles. The smallest absolute Gasteiger partial charge is 0.257 e. The standard InChI is InChI=1S/C26H27ClN6O2/c27-20-2-6-25(30-15-20)33-8-7-19(17-33)26(34)31-21-3-4-23(29-16-21)22-13-18(14-28)1-5-24(22)32-9-11-35-12-10-32/h2-4,6-8,15-18,22,24H,1,5,9-13H2,(H,31,34). The molecule has 4 heterocycles.